The third-order valence-corrected chi connectivity index (χ3v) is 6.93. The molecule has 0 radical (unpaired) electrons. The Hall–Kier alpha value is -5.37. The second-order valence-corrected chi connectivity index (χ2v) is 11.3. The highest BCUT2D eigenvalue weighted by molar-refractivity contribution is 6.31. The molecule has 0 spiro atoms. The molecule has 0 unspecified atom stereocenters. The highest BCUT2D eigenvalue weighted by Crippen LogP contribution is 2.14. The minimum Gasteiger partial charge on any atom is -0.350 e. The molecule has 0 fully saturated rings. The highest BCUT2D eigenvalue weighted by Gasteiger charge is 2.08. The molecule has 4 heterocycles. The zero-order chi connectivity index (χ0) is 37.0. The second kappa shape index (κ2) is 18.2. The molecule has 4 N–H and O–H groups in total. The Balaban J connectivity index is 0.000000201. The van der Waals surface area contributed by atoms with Gasteiger partial charge in [-0.05, 0) is 68.7 Å². The first kappa shape index (κ1) is 37.9. The summed E-state index contributed by atoms with van der Waals surface area (Å²) in [6, 6.07) is 15.4. The van der Waals surface area contributed by atoms with Crippen LogP contribution >= 0.6 is 46.4 Å². The van der Waals surface area contributed by atoms with Gasteiger partial charge in [-0.1, -0.05) is 48.5 Å². The average molecular weight is 797 g/mol. The molecule has 6 rings (SSSR count). The van der Waals surface area contributed by atoms with Crippen LogP contribution in [0.4, 0.5) is 41.4 Å². The summed E-state index contributed by atoms with van der Waals surface area (Å²) >= 11 is 22.9. The van der Waals surface area contributed by atoms with Gasteiger partial charge < -0.3 is 21.3 Å². The molecular weight excluding hydrogens is 776 g/mol. The molecule has 2 aromatic carbocycles. The zero-order valence-electron chi connectivity index (χ0n) is 26.0. The Bertz CT molecular complexity index is 1740. The van der Waals surface area contributed by atoms with Gasteiger partial charge in [-0.3, -0.25) is 0 Å². The van der Waals surface area contributed by atoms with Gasteiger partial charge in [-0.2, -0.15) is 72.4 Å². The maximum absolute atomic E-state index is 13.0. The lowest BCUT2D eigenvalue weighted by molar-refractivity contribution is 0.457. The van der Waals surface area contributed by atoms with E-state index in [2.05, 4.69) is 76.1 Å². The van der Waals surface area contributed by atoms with Crippen molar-refractivity contribution in [2.45, 2.75) is 26.2 Å². The van der Waals surface area contributed by atoms with Gasteiger partial charge in [0.15, 0.2) is 0 Å². The van der Waals surface area contributed by atoms with E-state index in [0.29, 0.717) is 31.1 Å². The van der Waals surface area contributed by atoms with Gasteiger partial charge in [0.2, 0.25) is 56.8 Å². The van der Waals surface area contributed by atoms with Crippen molar-refractivity contribution in [1.82, 2.24) is 54.8 Å². The van der Waals surface area contributed by atoms with Crippen LogP contribution in [0.3, 0.4) is 0 Å². The number of aromatic nitrogens is 11. The minimum absolute atomic E-state index is 0.0347. The van der Waals surface area contributed by atoms with Crippen LogP contribution in [0, 0.1) is 24.1 Å². The number of nitrogens with one attached hydrogen (secondary N) is 4. The summed E-state index contributed by atoms with van der Waals surface area (Å²) in [5, 5.41) is 11.6. The van der Waals surface area contributed by atoms with Crippen LogP contribution in [0.5, 0.6) is 0 Å². The van der Waals surface area contributed by atoms with E-state index in [1.54, 1.807) is 24.3 Å². The molecule has 0 bridgehead atoms. The number of nitrogens with zero attached hydrogens (tertiary/aromatic N) is 11. The molecule has 0 aliphatic heterocycles. The van der Waals surface area contributed by atoms with E-state index in [9.17, 15) is 17.6 Å². The van der Waals surface area contributed by atoms with Crippen molar-refractivity contribution in [3.63, 3.8) is 0 Å². The molecule has 23 heteroatoms. The summed E-state index contributed by atoms with van der Waals surface area (Å²) in [6.45, 7) is 1.49. The summed E-state index contributed by atoms with van der Waals surface area (Å²) in [6.07, 6.45) is -2.42. The van der Waals surface area contributed by atoms with Gasteiger partial charge in [0, 0.05) is 32.2 Å². The number of anilines is 4. The smallest absolute Gasteiger partial charge is 0.315 e. The minimum atomic E-state index is -1.21. The van der Waals surface area contributed by atoms with E-state index in [0.717, 1.165) is 22.3 Å². The van der Waals surface area contributed by atoms with Gasteiger partial charge >= 0.3 is 12.2 Å². The predicted octanol–water partition coefficient (Wildman–Crippen LogP) is 6.34. The van der Waals surface area contributed by atoms with Gasteiger partial charge in [0.05, 0.1) is 0 Å². The molecule has 268 valence electrons. The summed E-state index contributed by atoms with van der Waals surface area (Å²) in [7, 11) is 0. The lowest BCUT2D eigenvalue weighted by atomic mass is 10.1. The molecule has 4 aromatic heterocycles. The molecule has 0 aliphatic rings. The molecule has 0 saturated heterocycles. The Kier molecular flexibility index (Phi) is 13.3. The molecule has 52 heavy (non-hydrogen) atoms. The first-order valence-electron chi connectivity index (χ1n) is 14.5. The first-order chi connectivity index (χ1) is 24.9. The normalized spacial score (nSPS) is 10.6. The van der Waals surface area contributed by atoms with E-state index in [1.807, 2.05) is 24.3 Å². The van der Waals surface area contributed by atoms with E-state index in [1.165, 1.54) is 0 Å². The van der Waals surface area contributed by atoms with E-state index in [-0.39, 0.29) is 46.1 Å². The fraction of sp³-hybridized carbons (Fsp3) is 0.138. The van der Waals surface area contributed by atoms with Crippen molar-refractivity contribution >= 4 is 70.2 Å². The van der Waals surface area contributed by atoms with Crippen LogP contribution < -0.4 is 21.3 Å². The topological polar surface area (TPSA) is 190 Å². The van der Waals surface area contributed by atoms with Crippen molar-refractivity contribution in [1.29, 1.82) is 0 Å². The highest BCUT2D eigenvalue weighted by atomic mass is 35.5. The maximum atomic E-state index is 13.0. The second-order valence-electron chi connectivity index (χ2n) is 9.98. The number of hydrogen-bond donors (Lipinski definition) is 4. The molecular formula is C29H21Cl4F4N15. The fourth-order valence-corrected chi connectivity index (χ4v) is 4.69. The fourth-order valence-electron chi connectivity index (χ4n) is 3.96. The summed E-state index contributed by atoms with van der Waals surface area (Å²) < 4.78 is 51.7. The Morgan fingerprint density at radius 3 is 0.942 bits per heavy atom. The van der Waals surface area contributed by atoms with Crippen molar-refractivity contribution in [3.8, 4) is 0 Å². The molecule has 6 aromatic rings. The van der Waals surface area contributed by atoms with Crippen LogP contribution in [0.25, 0.3) is 0 Å². The van der Waals surface area contributed by atoms with Crippen LogP contribution in [0.15, 0.2) is 54.6 Å². The van der Waals surface area contributed by atoms with Crippen molar-refractivity contribution in [2.75, 3.05) is 21.3 Å². The summed E-state index contributed by atoms with van der Waals surface area (Å²) in [5.41, 5.74) is 3.64. The third-order valence-electron chi connectivity index (χ3n) is 6.25. The maximum Gasteiger partial charge on any atom is 0.315 e. The van der Waals surface area contributed by atoms with Gasteiger partial charge in [-0.25, -0.2) is 0 Å². The number of benzene rings is 2. The van der Waals surface area contributed by atoms with Crippen LogP contribution in [-0.2, 0) is 26.2 Å². The molecule has 0 atom stereocenters. The Morgan fingerprint density at radius 1 is 0.365 bits per heavy atom. The largest absolute Gasteiger partial charge is 0.350 e. The van der Waals surface area contributed by atoms with Gasteiger partial charge in [0.1, 0.15) is 0 Å². The van der Waals surface area contributed by atoms with E-state index < -0.39 is 24.1 Å². The number of halogens is 8. The molecule has 0 saturated carbocycles. The summed E-state index contributed by atoms with van der Waals surface area (Å²) in [5.74, 6) is -1.69. The molecule has 15 nitrogen and oxygen atoms in total. The van der Waals surface area contributed by atoms with Crippen LogP contribution in [0.1, 0.15) is 22.3 Å². The SMILES string of the molecule is Clc1nc(Cl)nc(NCc2ccc(CNc3nc(Cl)nc(Cl)n3)cc2)n1.Fc1cc(F)nc(NCc2ccc(CNc3nc(F)nc(F)n3)cc2)n1. The van der Waals surface area contributed by atoms with Crippen LogP contribution in [0.2, 0.25) is 21.1 Å². The van der Waals surface area contributed by atoms with E-state index in [4.69, 9.17) is 46.4 Å². The molecule has 0 amide bonds. The van der Waals surface area contributed by atoms with Crippen LogP contribution in [-0.4, -0.2) is 54.8 Å². The summed E-state index contributed by atoms with van der Waals surface area (Å²) in [4.78, 5) is 39.4. The standard InChI is InChI=1S/C15H11F4N7.C14H10Cl4N8/c16-10-5-11(17)23-14(22-10)20-6-8-1-3-9(4-2-8)7-21-15-25-12(18)24-13(19)26-15;15-9-21-10(16)24-13(23-9)19-5-7-1-2-8(4-3-7)6-20-14-25-11(17)22-12(18)26-14/h1-5H,6-7H2,(H,20,22,23)(H,21,24,25,26);1-4H,5-6H2,(H,19,21,23,24)(H,20,22,25,26). The lowest BCUT2D eigenvalue weighted by Gasteiger charge is -2.08. The van der Waals surface area contributed by atoms with Crippen molar-refractivity contribution in [2.24, 2.45) is 0 Å². The van der Waals surface area contributed by atoms with Crippen molar-refractivity contribution in [3.05, 3.63) is 122 Å². The molecule has 0 aliphatic carbocycles. The van der Waals surface area contributed by atoms with E-state index >= 15 is 0 Å². The Morgan fingerprint density at radius 2 is 0.635 bits per heavy atom. The number of hydrogen-bond acceptors (Lipinski definition) is 15. The van der Waals surface area contributed by atoms with Crippen molar-refractivity contribution < 1.29 is 17.6 Å². The zero-order valence-corrected chi connectivity index (χ0v) is 29.0. The van der Waals surface area contributed by atoms with Gasteiger partial charge in [-0.15, -0.1) is 0 Å². The first-order valence-corrected chi connectivity index (χ1v) is 16.0. The van der Waals surface area contributed by atoms with Gasteiger partial charge in [0.25, 0.3) is 0 Å². The third kappa shape index (κ3) is 12.4. The quantitative estimate of drug-likeness (QED) is 0.0793. The average Bonchev–Trinajstić information content (AvgIpc) is 3.08. The number of rotatable bonds is 12. The monoisotopic (exact) mass is 795 g/mol. The lowest BCUT2D eigenvalue weighted by Crippen LogP contribution is -2.08. The predicted molar refractivity (Wildman–Crippen MR) is 184 cm³/mol. The Labute approximate surface area is 311 Å².